The Morgan fingerprint density at radius 1 is 0.917 bits per heavy atom. The van der Waals surface area contributed by atoms with Gasteiger partial charge in [0.05, 0.1) is 0 Å². The van der Waals surface area contributed by atoms with Crippen LogP contribution in [0.3, 0.4) is 0 Å². The fraction of sp³-hybridized carbons (Fsp3) is 0. The first-order valence-electron chi connectivity index (χ1n) is 1.51. The van der Waals surface area contributed by atoms with Crippen LogP contribution < -0.4 is 14.7 Å². The van der Waals surface area contributed by atoms with Crippen LogP contribution in [0.15, 0.2) is 0 Å². The topological polar surface area (TPSA) is 164 Å². The fourth-order valence-electron chi connectivity index (χ4n) is 0. The molecule has 0 saturated heterocycles. The Balaban J connectivity index is -0.0000000457. The molecule has 12 heavy (non-hydrogen) atoms. The summed E-state index contributed by atoms with van der Waals surface area (Å²) in [5.41, 5.74) is 0. The second kappa shape index (κ2) is 9.58. The van der Waals surface area contributed by atoms with Crippen LogP contribution in [0.1, 0.15) is 0 Å². The third kappa shape index (κ3) is 356. The number of rotatable bonds is 0. The van der Waals surface area contributed by atoms with Crippen LogP contribution in [0.4, 0.5) is 0 Å². The first-order valence-corrected chi connectivity index (χ1v) is 4.54. The molecule has 0 bridgehead atoms. The van der Waals surface area contributed by atoms with E-state index in [4.69, 9.17) is 38.5 Å². The van der Waals surface area contributed by atoms with Crippen LogP contribution in [-0.2, 0) is 9.13 Å². The molecule has 0 spiro atoms. The number of hydrogen-bond acceptors (Lipinski definition) is 5. The predicted molar refractivity (Wildman–Crippen MR) is 33.0 cm³/mol. The SMILES string of the molecule is O=P(O)(O)O.O=P([O-])([O-])[O-].P.[Ce+3]. The molecule has 0 aromatic rings. The van der Waals surface area contributed by atoms with Crippen LogP contribution in [0, 0.1) is 41.7 Å². The molecule has 12 heteroatoms. The molecule has 0 aromatic heterocycles. The minimum Gasteiger partial charge on any atom is -0.822 e. The van der Waals surface area contributed by atoms with E-state index in [0.29, 0.717) is 0 Å². The minimum atomic E-state index is -5.39. The summed E-state index contributed by atoms with van der Waals surface area (Å²) in [4.78, 5) is 47.2. The monoisotopic (exact) mass is 367 g/mol. The van der Waals surface area contributed by atoms with Crippen LogP contribution >= 0.6 is 25.5 Å². The van der Waals surface area contributed by atoms with E-state index in [-0.39, 0.29) is 51.6 Å². The van der Waals surface area contributed by atoms with Crippen LogP contribution in [0.5, 0.6) is 0 Å². The minimum absolute atomic E-state index is 0. The summed E-state index contributed by atoms with van der Waals surface area (Å²) < 4.78 is 17.4. The van der Waals surface area contributed by atoms with Crippen molar-refractivity contribution in [3.8, 4) is 0 Å². The molecule has 0 aromatic carbocycles. The van der Waals surface area contributed by atoms with Crippen LogP contribution in [0.2, 0.25) is 0 Å². The average Bonchev–Trinajstić information content (AvgIpc) is 1.12. The molecule has 0 aliphatic carbocycles. The van der Waals surface area contributed by atoms with Crippen molar-refractivity contribution in [2.45, 2.75) is 0 Å². The Bertz CT molecular complexity index is 127. The molecule has 0 amide bonds. The maximum absolute atomic E-state index is 8.88. The van der Waals surface area contributed by atoms with Gasteiger partial charge in [-0.2, -0.15) is 17.7 Å². The quantitative estimate of drug-likeness (QED) is 0.368. The first kappa shape index (κ1) is 23.7. The normalized spacial score (nSPS) is 9.83. The molecule has 0 heterocycles. The van der Waals surface area contributed by atoms with E-state index < -0.39 is 15.6 Å². The van der Waals surface area contributed by atoms with Crippen molar-refractivity contribution in [1.29, 1.82) is 0 Å². The van der Waals surface area contributed by atoms with Crippen molar-refractivity contribution >= 4 is 25.5 Å². The molecular weight excluding hydrogens is 361 g/mol. The fourth-order valence-corrected chi connectivity index (χ4v) is 0. The third-order valence-electron chi connectivity index (χ3n) is 0. The summed E-state index contributed by atoms with van der Waals surface area (Å²) in [7, 11) is -10.0. The molecule has 1 radical (unpaired) electrons. The molecule has 73 valence electrons. The van der Waals surface area contributed by atoms with Gasteiger partial charge in [-0.1, -0.05) is 0 Å². The molecule has 0 aliphatic rings. The second-order valence-corrected chi connectivity index (χ2v) is 2.88. The maximum atomic E-state index is 8.88. The molecule has 1 unspecified atom stereocenters. The summed E-state index contributed by atoms with van der Waals surface area (Å²) in [6.07, 6.45) is 0. The van der Waals surface area contributed by atoms with Gasteiger partial charge in [-0.3, -0.25) is 0 Å². The van der Waals surface area contributed by atoms with Gasteiger partial charge in [0.15, 0.2) is 0 Å². The van der Waals surface area contributed by atoms with Crippen LogP contribution in [-0.4, -0.2) is 14.7 Å². The Kier molecular flexibility index (Phi) is 18.9. The van der Waals surface area contributed by atoms with Crippen LogP contribution in [0.25, 0.3) is 0 Å². The van der Waals surface area contributed by atoms with E-state index in [9.17, 15) is 0 Å². The zero-order chi connectivity index (χ0) is 9.00. The zero-order valence-electron chi connectivity index (χ0n) is 5.48. The Morgan fingerprint density at radius 2 is 0.917 bits per heavy atom. The van der Waals surface area contributed by atoms with E-state index in [1.165, 1.54) is 0 Å². The Hall–Kier alpha value is 2.03. The second-order valence-electron chi connectivity index (χ2n) is 0.960. The zero-order valence-corrected chi connectivity index (χ0v) is 11.8. The molecule has 0 aliphatic heterocycles. The summed E-state index contributed by atoms with van der Waals surface area (Å²) in [5, 5.41) is 0. The number of hydrogen-bond donors (Lipinski definition) is 3. The van der Waals surface area contributed by atoms with E-state index in [0.717, 1.165) is 0 Å². The molecule has 1 atom stereocenters. The Labute approximate surface area is 105 Å². The van der Waals surface area contributed by atoms with Gasteiger partial charge in [0, 0.05) is 0 Å². The smallest absolute Gasteiger partial charge is 0.822 e. The van der Waals surface area contributed by atoms with Gasteiger partial charge >= 0.3 is 49.6 Å². The third-order valence-corrected chi connectivity index (χ3v) is 0. The molecule has 0 rings (SSSR count). The molecule has 8 nitrogen and oxygen atoms in total. The largest absolute Gasteiger partial charge is 3.00 e. The van der Waals surface area contributed by atoms with Gasteiger partial charge in [-0.25, -0.2) is 4.57 Å². The molecular formula is H6CeO8P3. The Morgan fingerprint density at radius 3 is 0.917 bits per heavy atom. The standard InChI is InChI=1S/Ce.2H3O4P.H3P/c;2*1-5(2,3)4;/h;2*(H3,1,2,3,4);1H3/q+3;;;/p-3. The van der Waals surface area contributed by atoms with E-state index in [1.807, 2.05) is 0 Å². The van der Waals surface area contributed by atoms with Crippen molar-refractivity contribution in [2.24, 2.45) is 0 Å². The summed E-state index contributed by atoms with van der Waals surface area (Å²) in [6, 6.07) is 0. The van der Waals surface area contributed by atoms with Gasteiger partial charge in [-0.05, 0) is 0 Å². The van der Waals surface area contributed by atoms with Crippen molar-refractivity contribution in [1.82, 2.24) is 0 Å². The first-order chi connectivity index (χ1) is 4.00. The van der Waals surface area contributed by atoms with Crippen molar-refractivity contribution in [2.75, 3.05) is 0 Å². The van der Waals surface area contributed by atoms with Crippen molar-refractivity contribution in [3.63, 3.8) is 0 Å². The van der Waals surface area contributed by atoms with Crippen molar-refractivity contribution < 1.29 is 80.2 Å². The van der Waals surface area contributed by atoms with E-state index >= 15 is 0 Å². The predicted octanol–water partition coefficient (Wildman–Crippen LogP) is -3.70. The van der Waals surface area contributed by atoms with Gasteiger partial charge in [0.2, 0.25) is 0 Å². The summed E-state index contributed by atoms with van der Waals surface area (Å²) in [6.45, 7) is 0. The molecule has 3 N–H and O–H groups in total. The van der Waals surface area contributed by atoms with Gasteiger partial charge < -0.3 is 33.9 Å². The molecule has 0 saturated carbocycles. The molecule has 0 fully saturated rings. The summed E-state index contributed by atoms with van der Waals surface area (Å²) >= 11 is 0. The van der Waals surface area contributed by atoms with Gasteiger partial charge in [0.1, 0.15) is 0 Å². The summed E-state index contributed by atoms with van der Waals surface area (Å²) in [5.74, 6) is 0. The van der Waals surface area contributed by atoms with Crippen molar-refractivity contribution in [3.05, 3.63) is 0 Å². The number of phosphoric acid groups is 2. The van der Waals surface area contributed by atoms with E-state index in [2.05, 4.69) is 0 Å². The maximum Gasteiger partial charge on any atom is 3.00 e. The van der Waals surface area contributed by atoms with Gasteiger partial charge in [-0.15, -0.1) is 0 Å². The van der Waals surface area contributed by atoms with Gasteiger partial charge in [0.25, 0.3) is 0 Å². The average molecular weight is 367 g/mol. The van der Waals surface area contributed by atoms with E-state index in [1.54, 1.807) is 0 Å².